The van der Waals surface area contributed by atoms with E-state index in [1.807, 2.05) is 24.3 Å². The van der Waals surface area contributed by atoms with Crippen LogP contribution in [0.5, 0.6) is 0 Å². The summed E-state index contributed by atoms with van der Waals surface area (Å²) in [6, 6.07) is 7.47. The molecule has 2 unspecified atom stereocenters. The number of carbonyl (C=O) groups is 2. The molecule has 1 aliphatic heterocycles. The van der Waals surface area contributed by atoms with Gasteiger partial charge in [0.2, 0.25) is 11.8 Å². The minimum absolute atomic E-state index is 0.162. The van der Waals surface area contributed by atoms with Crippen molar-refractivity contribution in [2.24, 2.45) is 11.3 Å². The third kappa shape index (κ3) is 2.71. The first-order valence-electron chi connectivity index (χ1n) is 7.58. The van der Waals surface area contributed by atoms with Crippen molar-refractivity contribution in [3.63, 3.8) is 0 Å². The van der Waals surface area contributed by atoms with Gasteiger partial charge < -0.3 is 0 Å². The number of amides is 2. The summed E-state index contributed by atoms with van der Waals surface area (Å²) in [6.45, 7) is 2.07. The molecule has 2 fully saturated rings. The number of piperidine rings is 1. The SMILES string of the molecule is CC1(CC2CCC2)CC(=O)NC(=O)C1c1ccccc1Cl. The van der Waals surface area contributed by atoms with Crippen molar-refractivity contribution in [1.82, 2.24) is 5.32 Å². The Morgan fingerprint density at radius 3 is 2.62 bits per heavy atom. The molecule has 1 aliphatic carbocycles. The molecule has 0 bridgehead atoms. The van der Waals surface area contributed by atoms with Crippen molar-refractivity contribution < 1.29 is 9.59 Å². The normalized spacial score (nSPS) is 29.9. The fourth-order valence-corrected chi connectivity index (χ4v) is 4.06. The molecule has 1 aromatic rings. The molecule has 1 saturated heterocycles. The molecule has 2 aliphatic rings. The van der Waals surface area contributed by atoms with Crippen molar-refractivity contribution in [2.45, 2.75) is 44.9 Å². The number of halogens is 1. The lowest BCUT2D eigenvalue weighted by atomic mass is 9.62. The first-order valence-corrected chi connectivity index (χ1v) is 7.95. The Morgan fingerprint density at radius 2 is 2.00 bits per heavy atom. The van der Waals surface area contributed by atoms with Gasteiger partial charge in [0.05, 0.1) is 5.92 Å². The van der Waals surface area contributed by atoms with Gasteiger partial charge in [0.1, 0.15) is 0 Å². The van der Waals surface area contributed by atoms with Crippen LogP contribution in [0.1, 0.15) is 50.5 Å². The van der Waals surface area contributed by atoms with E-state index >= 15 is 0 Å². The molecule has 1 saturated carbocycles. The minimum Gasteiger partial charge on any atom is -0.296 e. The summed E-state index contributed by atoms with van der Waals surface area (Å²) in [5.41, 5.74) is 0.501. The zero-order valence-corrected chi connectivity index (χ0v) is 13.0. The van der Waals surface area contributed by atoms with Crippen molar-refractivity contribution in [3.8, 4) is 0 Å². The molecule has 2 atom stereocenters. The van der Waals surface area contributed by atoms with Gasteiger partial charge >= 0.3 is 0 Å². The van der Waals surface area contributed by atoms with E-state index in [2.05, 4.69) is 12.2 Å². The van der Waals surface area contributed by atoms with E-state index < -0.39 is 0 Å². The molecule has 0 spiro atoms. The largest absolute Gasteiger partial charge is 0.296 e. The fraction of sp³-hybridized carbons (Fsp3) is 0.529. The predicted octanol–water partition coefficient (Wildman–Crippen LogP) is 3.67. The number of benzene rings is 1. The van der Waals surface area contributed by atoms with E-state index in [4.69, 9.17) is 11.6 Å². The second-order valence-electron chi connectivity index (χ2n) is 6.70. The standard InChI is InChI=1S/C17H20ClNO2/c1-17(9-11-5-4-6-11)10-14(20)19-16(21)15(17)12-7-2-3-8-13(12)18/h2-3,7-8,11,15H,4-6,9-10H2,1H3,(H,19,20,21). The molecular weight excluding hydrogens is 286 g/mol. The summed E-state index contributed by atoms with van der Waals surface area (Å²) in [5.74, 6) is -0.0745. The minimum atomic E-state index is -0.343. The Kier molecular flexibility index (Phi) is 3.78. The Labute approximate surface area is 130 Å². The van der Waals surface area contributed by atoms with Gasteiger partial charge in [-0.25, -0.2) is 0 Å². The van der Waals surface area contributed by atoms with Crippen LogP contribution in [0, 0.1) is 11.3 Å². The van der Waals surface area contributed by atoms with Gasteiger partial charge in [-0.3, -0.25) is 14.9 Å². The van der Waals surface area contributed by atoms with Gasteiger partial charge in [0.25, 0.3) is 0 Å². The Balaban J connectivity index is 1.98. The summed E-state index contributed by atoms with van der Waals surface area (Å²) < 4.78 is 0. The average Bonchev–Trinajstić information content (AvgIpc) is 2.35. The highest BCUT2D eigenvalue weighted by molar-refractivity contribution is 6.31. The van der Waals surface area contributed by atoms with Crippen molar-refractivity contribution >= 4 is 23.4 Å². The maximum atomic E-state index is 12.5. The monoisotopic (exact) mass is 305 g/mol. The zero-order valence-electron chi connectivity index (χ0n) is 12.2. The lowest BCUT2D eigenvalue weighted by molar-refractivity contribution is -0.140. The molecule has 1 N–H and O–H groups in total. The van der Waals surface area contributed by atoms with Crippen LogP contribution in [0.4, 0.5) is 0 Å². The maximum absolute atomic E-state index is 12.5. The highest BCUT2D eigenvalue weighted by Gasteiger charge is 2.48. The number of rotatable bonds is 3. The molecule has 0 aromatic heterocycles. The van der Waals surface area contributed by atoms with Crippen LogP contribution >= 0.6 is 11.6 Å². The van der Waals surface area contributed by atoms with Crippen molar-refractivity contribution in [1.29, 1.82) is 0 Å². The zero-order chi connectivity index (χ0) is 15.0. The third-order valence-corrected chi connectivity index (χ3v) is 5.33. The predicted molar refractivity (Wildman–Crippen MR) is 82.0 cm³/mol. The van der Waals surface area contributed by atoms with Crippen LogP contribution in [-0.2, 0) is 9.59 Å². The van der Waals surface area contributed by atoms with E-state index in [-0.39, 0.29) is 23.1 Å². The summed E-state index contributed by atoms with van der Waals surface area (Å²) in [7, 11) is 0. The van der Waals surface area contributed by atoms with E-state index in [0.717, 1.165) is 12.0 Å². The van der Waals surface area contributed by atoms with Crippen LogP contribution in [0.15, 0.2) is 24.3 Å². The number of carbonyl (C=O) groups excluding carboxylic acids is 2. The van der Waals surface area contributed by atoms with Gasteiger partial charge in [0, 0.05) is 11.4 Å². The van der Waals surface area contributed by atoms with E-state index in [1.165, 1.54) is 19.3 Å². The average molecular weight is 306 g/mol. The number of hydrogen-bond donors (Lipinski definition) is 1. The molecule has 1 aromatic carbocycles. The lowest BCUT2D eigenvalue weighted by Crippen LogP contribution is -2.50. The topological polar surface area (TPSA) is 46.2 Å². The number of hydrogen-bond acceptors (Lipinski definition) is 2. The smallest absolute Gasteiger partial charge is 0.234 e. The van der Waals surface area contributed by atoms with Crippen LogP contribution in [-0.4, -0.2) is 11.8 Å². The van der Waals surface area contributed by atoms with Crippen molar-refractivity contribution in [3.05, 3.63) is 34.9 Å². The highest BCUT2D eigenvalue weighted by atomic mass is 35.5. The first-order chi connectivity index (χ1) is 9.99. The van der Waals surface area contributed by atoms with Gasteiger partial charge in [0.15, 0.2) is 0 Å². The van der Waals surface area contributed by atoms with Crippen LogP contribution in [0.3, 0.4) is 0 Å². The summed E-state index contributed by atoms with van der Waals surface area (Å²) in [4.78, 5) is 24.3. The molecule has 3 nitrogen and oxygen atoms in total. The molecule has 4 heteroatoms. The maximum Gasteiger partial charge on any atom is 0.234 e. The Bertz CT molecular complexity index is 582. The molecule has 21 heavy (non-hydrogen) atoms. The molecule has 1 heterocycles. The molecule has 2 amide bonds. The summed E-state index contributed by atoms with van der Waals surface area (Å²) >= 11 is 6.31. The van der Waals surface area contributed by atoms with Gasteiger partial charge in [-0.15, -0.1) is 0 Å². The van der Waals surface area contributed by atoms with Gasteiger partial charge in [-0.1, -0.05) is 56.0 Å². The van der Waals surface area contributed by atoms with Crippen LogP contribution in [0.25, 0.3) is 0 Å². The quantitative estimate of drug-likeness (QED) is 0.866. The van der Waals surface area contributed by atoms with Gasteiger partial charge in [-0.05, 0) is 29.4 Å². The van der Waals surface area contributed by atoms with Crippen molar-refractivity contribution in [2.75, 3.05) is 0 Å². The first kappa shape index (κ1) is 14.6. The van der Waals surface area contributed by atoms with Gasteiger partial charge in [-0.2, -0.15) is 0 Å². The summed E-state index contributed by atoms with van der Waals surface area (Å²) in [5, 5.41) is 3.09. The Morgan fingerprint density at radius 1 is 1.29 bits per heavy atom. The van der Waals surface area contributed by atoms with E-state index in [0.29, 0.717) is 17.4 Å². The highest BCUT2D eigenvalue weighted by Crippen LogP contribution is 2.50. The second kappa shape index (κ2) is 5.45. The molecule has 112 valence electrons. The summed E-state index contributed by atoms with van der Waals surface area (Å²) in [6.07, 6.45) is 4.99. The molecular formula is C17H20ClNO2. The number of imide groups is 1. The fourth-order valence-electron chi connectivity index (χ4n) is 3.81. The van der Waals surface area contributed by atoms with E-state index in [9.17, 15) is 9.59 Å². The second-order valence-corrected chi connectivity index (χ2v) is 7.11. The Hall–Kier alpha value is -1.35. The van der Waals surface area contributed by atoms with Crippen LogP contribution < -0.4 is 5.32 Å². The number of nitrogens with one attached hydrogen (secondary N) is 1. The molecule has 3 rings (SSSR count). The van der Waals surface area contributed by atoms with E-state index in [1.54, 1.807) is 0 Å². The van der Waals surface area contributed by atoms with Crippen LogP contribution in [0.2, 0.25) is 5.02 Å². The lowest BCUT2D eigenvalue weighted by Gasteiger charge is -2.44. The third-order valence-electron chi connectivity index (χ3n) is 4.98. The molecule has 0 radical (unpaired) electrons.